The number of rotatable bonds is 6. The number of amides is 1. The molecule has 1 N–H and O–H groups in total. The summed E-state index contributed by atoms with van der Waals surface area (Å²) in [7, 11) is -3.70. The Kier molecular flexibility index (Phi) is 6.74. The van der Waals surface area contributed by atoms with Gasteiger partial charge in [-0.25, -0.2) is 8.42 Å². The lowest BCUT2D eigenvalue weighted by atomic mass is 9.97. The molecule has 33 heavy (non-hydrogen) atoms. The van der Waals surface area contributed by atoms with Gasteiger partial charge in [-0.15, -0.1) is 0 Å². The molecular formula is C24H29N3O4S2. The average molecular weight is 488 g/mol. The third-order valence-corrected chi connectivity index (χ3v) is 8.98. The van der Waals surface area contributed by atoms with E-state index in [0.717, 1.165) is 34.5 Å². The summed E-state index contributed by atoms with van der Waals surface area (Å²) in [5.41, 5.74) is 2.68. The smallest absolute Gasteiger partial charge is 0.308 e. The first kappa shape index (κ1) is 23.7. The Morgan fingerprint density at radius 3 is 2.55 bits per heavy atom. The predicted molar refractivity (Wildman–Crippen MR) is 132 cm³/mol. The summed E-state index contributed by atoms with van der Waals surface area (Å²) < 4.78 is 30.3. The Bertz CT molecular complexity index is 1330. The van der Waals surface area contributed by atoms with Gasteiger partial charge in [-0.3, -0.25) is 14.2 Å². The second-order valence-electron chi connectivity index (χ2n) is 8.68. The van der Waals surface area contributed by atoms with Gasteiger partial charge in [0.2, 0.25) is 15.9 Å². The second-order valence-corrected chi connectivity index (χ2v) is 11.6. The van der Waals surface area contributed by atoms with Crippen molar-refractivity contribution in [1.29, 1.82) is 0 Å². The number of aromatic nitrogens is 1. The lowest BCUT2D eigenvalue weighted by molar-refractivity contribution is -0.120. The molecule has 7 nitrogen and oxygen atoms in total. The molecule has 0 unspecified atom stereocenters. The molecule has 0 spiro atoms. The first-order valence-electron chi connectivity index (χ1n) is 11.3. The van der Waals surface area contributed by atoms with Gasteiger partial charge in [-0.2, -0.15) is 4.31 Å². The zero-order valence-corrected chi connectivity index (χ0v) is 20.7. The Balaban J connectivity index is 1.45. The number of anilines is 1. The number of carbonyl (C=O) groups is 1. The predicted octanol–water partition coefficient (Wildman–Crippen LogP) is 4.25. The van der Waals surface area contributed by atoms with Gasteiger partial charge in [0, 0.05) is 30.7 Å². The maximum Gasteiger partial charge on any atom is 0.308 e. The largest absolute Gasteiger partial charge is 0.326 e. The normalized spacial score (nSPS) is 15.9. The molecule has 1 aromatic heterocycles. The number of aryl methyl sites for hydroxylation is 1. The van der Waals surface area contributed by atoms with E-state index in [1.165, 1.54) is 4.31 Å². The minimum absolute atomic E-state index is 0.00308. The van der Waals surface area contributed by atoms with Gasteiger partial charge in [0.1, 0.15) is 0 Å². The molecule has 0 bridgehead atoms. The van der Waals surface area contributed by atoms with Crippen LogP contribution in [0.15, 0.2) is 52.2 Å². The Morgan fingerprint density at radius 1 is 1.15 bits per heavy atom. The SMILES string of the molecule is CCc1cccc(NC(=O)C2CCN(S(=O)(=O)c3ccc4c(c3)sc(=O)n4C(C)C)CC2)c1. The molecule has 2 aromatic carbocycles. The van der Waals surface area contributed by atoms with Gasteiger partial charge in [0.25, 0.3) is 0 Å². The van der Waals surface area contributed by atoms with E-state index in [-0.39, 0.29) is 40.7 Å². The molecule has 176 valence electrons. The number of fused-ring (bicyclic) bond motifs is 1. The molecule has 1 saturated heterocycles. The van der Waals surface area contributed by atoms with Crippen molar-refractivity contribution in [2.45, 2.75) is 51.0 Å². The van der Waals surface area contributed by atoms with Crippen LogP contribution in [0.2, 0.25) is 0 Å². The third kappa shape index (κ3) is 4.76. The van der Waals surface area contributed by atoms with Crippen molar-refractivity contribution in [3.8, 4) is 0 Å². The van der Waals surface area contributed by atoms with Crippen molar-refractivity contribution in [3.63, 3.8) is 0 Å². The van der Waals surface area contributed by atoms with Crippen LogP contribution in [-0.4, -0.2) is 36.3 Å². The number of thiazole rings is 1. The highest BCUT2D eigenvalue weighted by Gasteiger charge is 2.32. The van der Waals surface area contributed by atoms with E-state index in [2.05, 4.69) is 12.2 Å². The zero-order chi connectivity index (χ0) is 23.8. The van der Waals surface area contributed by atoms with Crippen LogP contribution in [-0.2, 0) is 21.2 Å². The standard InChI is InChI=1S/C24H29N3O4S2/c1-4-17-6-5-7-19(14-17)25-23(28)18-10-12-26(13-11-18)33(30,31)20-8-9-21-22(15-20)32-24(29)27(21)16(2)3/h5-9,14-16,18H,4,10-13H2,1-3H3,(H,25,28). The second kappa shape index (κ2) is 9.40. The molecule has 1 aliphatic heterocycles. The quantitative estimate of drug-likeness (QED) is 0.563. The monoisotopic (exact) mass is 487 g/mol. The van der Waals surface area contributed by atoms with Crippen LogP contribution in [0.4, 0.5) is 5.69 Å². The topological polar surface area (TPSA) is 88.5 Å². The number of hydrogen-bond acceptors (Lipinski definition) is 5. The maximum atomic E-state index is 13.2. The van der Waals surface area contributed by atoms with Crippen molar-refractivity contribution in [3.05, 3.63) is 57.7 Å². The van der Waals surface area contributed by atoms with Gasteiger partial charge in [0.05, 0.1) is 15.1 Å². The summed E-state index contributed by atoms with van der Waals surface area (Å²) in [4.78, 5) is 25.1. The molecule has 2 heterocycles. The first-order chi connectivity index (χ1) is 15.7. The summed E-state index contributed by atoms with van der Waals surface area (Å²) in [6.07, 6.45) is 1.83. The van der Waals surface area contributed by atoms with E-state index in [0.29, 0.717) is 17.5 Å². The van der Waals surface area contributed by atoms with E-state index in [9.17, 15) is 18.0 Å². The molecule has 0 aliphatic carbocycles. The number of piperidine rings is 1. The van der Waals surface area contributed by atoms with E-state index >= 15 is 0 Å². The summed E-state index contributed by atoms with van der Waals surface area (Å²) >= 11 is 1.06. The maximum absolute atomic E-state index is 13.2. The van der Waals surface area contributed by atoms with Gasteiger partial charge in [-0.1, -0.05) is 30.4 Å². The van der Waals surface area contributed by atoms with Crippen molar-refractivity contribution in [2.75, 3.05) is 18.4 Å². The molecule has 0 saturated carbocycles. The molecule has 1 fully saturated rings. The summed E-state index contributed by atoms with van der Waals surface area (Å²) in [6.45, 7) is 6.50. The van der Waals surface area contributed by atoms with E-state index < -0.39 is 10.0 Å². The number of nitrogens with one attached hydrogen (secondary N) is 1. The third-order valence-electron chi connectivity index (χ3n) is 6.17. The van der Waals surface area contributed by atoms with E-state index in [1.54, 1.807) is 22.8 Å². The van der Waals surface area contributed by atoms with Gasteiger partial charge >= 0.3 is 4.87 Å². The Hall–Kier alpha value is -2.49. The van der Waals surface area contributed by atoms with Crippen LogP contribution in [0.5, 0.6) is 0 Å². The molecule has 4 rings (SSSR count). The van der Waals surface area contributed by atoms with Gasteiger partial charge < -0.3 is 5.32 Å². The van der Waals surface area contributed by atoms with Crippen molar-refractivity contribution >= 4 is 43.2 Å². The van der Waals surface area contributed by atoms with Crippen LogP contribution >= 0.6 is 11.3 Å². The fourth-order valence-corrected chi connectivity index (χ4v) is 6.91. The summed E-state index contributed by atoms with van der Waals surface area (Å²) in [6, 6.07) is 12.7. The van der Waals surface area contributed by atoms with Crippen LogP contribution in [0, 0.1) is 5.92 Å². The van der Waals surface area contributed by atoms with Crippen LogP contribution in [0.1, 0.15) is 45.2 Å². The van der Waals surface area contributed by atoms with Crippen molar-refractivity contribution in [2.24, 2.45) is 5.92 Å². The Labute approximate surface area is 198 Å². The van der Waals surface area contributed by atoms with E-state index in [1.807, 2.05) is 38.1 Å². The van der Waals surface area contributed by atoms with Crippen LogP contribution in [0.25, 0.3) is 10.2 Å². The highest BCUT2D eigenvalue weighted by atomic mass is 32.2. The number of carbonyl (C=O) groups excluding carboxylic acids is 1. The number of benzene rings is 2. The fourth-order valence-electron chi connectivity index (χ4n) is 4.29. The number of nitrogens with zero attached hydrogens (tertiary/aromatic N) is 2. The van der Waals surface area contributed by atoms with Crippen molar-refractivity contribution < 1.29 is 13.2 Å². The summed E-state index contributed by atoms with van der Waals surface area (Å²) in [5.74, 6) is -0.295. The zero-order valence-electron chi connectivity index (χ0n) is 19.1. The molecule has 3 aromatic rings. The molecule has 1 aliphatic rings. The molecule has 9 heteroatoms. The fraction of sp³-hybridized carbons (Fsp3) is 0.417. The van der Waals surface area contributed by atoms with Crippen LogP contribution in [0.3, 0.4) is 0 Å². The molecule has 1 amide bonds. The lowest BCUT2D eigenvalue weighted by Crippen LogP contribution is -2.41. The lowest BCUT2D eigenvalue weighted by Gasteiger charge is -2.30. The average Bonchev–Trinajstić information content (AvgIpc) is 3.14. The number of hydrogen-bond donors (Lipinski definition) is 1. The minimum atomic E-state index is -3.70. The van der Waals surface area contributed by atoms with E-state index in [4.69, 9.17) is 0 Å². The number of sulfonamides is 1. The highest BCUT2D eigenvalue weighted by molar-refractivity contribution is 7.89. The first-order valence-corrected chi connectivity index (χ1v) is 13.5. The van der Waals surface area contributed by atoms with Gasteiger partial charge in [-0.05, 0) is 69.0 Å². The Morgan fingerprint density at radius 2 is 1.88 bits per heavy atom. The van der Waals surface area contributed by atoms with Crippen molar-refractivity contribution in [1.82, 2.24) is 8.87 Å². The minimum Gasteiger partial charge on any atom is -0.326 e. The molecule has 0 radical (unpaired) electrons. The summed E-state index contributed by atoms with van der Waals surface area (Å²) in [5, 5.41) is 2.97. The van der Waals surface area contributed by atoms with Gasteiger partial charge in [0.15, 0.2) is 0 Å². The molecular weight excluding hydrogens is 458 g/mol. The highest BCUT2D eigenvalue weighted by Crippen LogP contribution is 2.28. The van der Waals surface area contributed by atoms with Crippen LogP contribution < -0.4 is 10.2 Å². The molecule has 0 atom stereocenters.